The van der Waals surface area contributed by atoms with E-state index in [9.17, 15) is 27.2 Å². The maximum atomic E-state index is 13.5. The zero-order chi connectivity index (χ0) is 21.9. The van der Waals surface area contributed by atoms with Crippen LogP contribution in [0.25, 0.3) is 10.6 Å². The maximum Gasteiger partial charge on any atom is 0.416 e. The van der Waals surface area contributed by atoms with Crippen molar-refractivity contribution in [2.24, 2.45) is 0 Å². The highest BCUT2D eigenvalue weighted by atomic mass is 32.1. The molecular weight excluding hydrogens is 424 g/mol. The summed E-state index contributed by atoms with van der Waals surface area (Å²) in [5.74, 6) is -2.44. The number of nitrogens with one attached hydrogen (secondary N) is 1. The molecule has 3 rings (SSSR count). The SMILES string of the molecule is O=C(O)C[C@H](NC(=O)c1csc(-c2ccc(C(F)(F)F)cc2)n1)c1cccc(F)c1. The van der Waals surface area contributed by atoms with Crippen LogP contribution in [0.2, 0.25) is 0 Å². The third kappa shape index (κ3) is 5.20. The van der Waals surface area contributed by atoms with Crippen LogP contribution >= 0.6 is 11.3 Å². The van der Waals surface area contributed by atoms with E-state index in [2.05, 4.69) is 10.3 Å². The Morgan fingerprint density at radius 3 is 2.43 bits per heavy atom. The van der Waals surface area contributed by atoms with E-state index in [1.165, 1.54) is 35.7 Å². The number of rotatable bonds is 6. The van der Waals surface area contributed by atoms with Crippen LogP contribution in [0.15, 0.2) is 53.9 Å². The second-order valence-corrected chi connectivity index (χ2v) is 7.15. The molecule has 5 nitrogen and oxygen atoms in total. The van der Waals surface area contributed by atoms with Crippen LogP contribution in [-0.4, -0.2) is 22.0 Å². The molecule has 10 heteroatoms. The Hall–Kier alpha value is -3.27. The van der Waals surface area contributed by atoms with Crippen molar-refractivity contribution in [1.82, 2.24) is 10.3 Å². The molecule has 0 bridgehead atoms. The molecular formula is C20H14F4N2O3S. The summed E-state index contributed by atoms with van der Waals surface area (Å²) in [4.78, 5) is 27.8. The van der Waals surface area contributed by atoms with Gasteiger partial charge in [0.15, 0.2) is 0 Å². The van der Waals surface area contributed by atoms with Crippen LogP contribution in [0.1, 0.15) is 34.1 Å². The minimum atomic E-state index is -4.46. The Balaban J connectivity index is 1.78. The first kappa shape index (κ1) is 21.4. The third-order valence-electron chi connectivity index (χ3n) is 4.13. The molecule has 0 saturated heterocycles. The van der Waals surface area contributed by atoms with Crippen molar-refractivity contribution in [3.63, 3.8) is 0 Å². The van der Waals surface area contributed by atoms with Gasteiger partial charge >= 0.3 is 12.1 Å². The summed E-state index contributed by atoms with van der Waals surface area (Å²) in [6.45, 7) is 0. The molecule has 1 heterocycles. The average Bonchev–Trinajstić information content (AvgIpc) is 3.17. The number of carbonyl (C=O) groups excluding carboxylic acids is 1. The highest BCUT2D eigenvalue weighted by Crippen LogP contribution is 2.32. The number of carboxylic acids is 1. The molecule has 0 fully saturated rings. The summed E-state index contributed by atoms with van der Waals surface area (Å²) < 4.78 is 51.5. The van der Waals surface area contributed by atoms with Crippen LogP contribution in [0.5, 0.6) is 0 Å². The van der Waals surface area contributed by atoms with Gasteiger partial charge in [0.25, 0.3) is 5.91 Å². The molecule has 2 aromatic carbocycles. The van der Waals surface area contributed by atoms with E-state index >= 15 is 0 Å². The number of carbonyl (C=O) groups is 2. The quantitative estimate of drug-likeness (QED) is 0.536. The lowest BCUT2D eigenvalue weighted by Crippen LogP contribution is -2.30. The number of hydrogen-bond donors (Lipinski definition) is 2. The molecule has 0 aliphatic rings. The first-order chi connectivity index (χ1) is 14.1. The Bertz CT molecular complexity index is 1060. The summed E-state index contributed by atoms with van der Waals surface area (Å²) in [5, 5.41) is 13.3. The molecule has 0 aliphatic heterocycles. The number of alkyl halides is 3. The minimum absolute atomic E-state index is 0.0262. The normalized spacial score (nSPS) is 12.4. The molecule has 1 aromatic heterocycles. The van der Waals surface area contributed by atoms with Gasteiger partial charge in [-0.3, -0.25) is 9.59 Å². The Kier molecular flexibility index (Phi) is 6.16. The zero-order valence-electron chi connectivity index (χ0n) is 15.1. The first-order valence-corrected chi connectivity index (χ1v) is 9.43. The number of halogens is 4. The van der Waals surface area contributed by atoms with Crippen molar-refractivity contribution in [2.75, 3.05) is 0 Å². The molecule has 0 spiro atoms. The van der Waals surface area contributed by atoms with Crippen molar-refractivity contribution in [1.29, 1.82) is 0 Å². The molecule has 0 unspecified atom stereocenters. The van der Waals surface area contributed by atoms with Gasteiger partial charge in [-0.1, -0.05) is 24.3 Å². The van der Waals surface area contributed by atoms with Gasteiger partial charge in [-0.05, 0) is 29.8 Å². The maximum absolute atomic E-state index is 13.5. The molecule has 30 heavy (non-hydrogen) atoms. The van der Waals surface area contributed by atoms with E-state index in [4.69, 9.17) is 5.11 Å². The fourth-order valence-corrected chi connectivity index (χ4v) is 3.50. The smallest absolute Gasteiger partial charge is 0.416 e. The average molecular weight is 438 g/mol. The molecule has 0 aliphatic carbocycles. The van der Waals surface area contributed by atoms with Crippen molar-refractivity contribution in [3.8, 4) is 10.6 Å². The molecule has 1 amide bonds. The summed E-state index contributed by atoms with van der Waals surface area (Å²) >= 11 is 1.05. The van der Waals surface area contributed by atoms with Gasteiger partial charge in [0.1, 0.15) is 16.5 Å². The molecule has 3 aromatic rings. The second-order valence-electron chi connectivity index (χ2n) is 6.29. The zero-order valence-corrected chi connectivity index (χ0v) is 15.9. The number of amides is 1. The Labute approximate surface area is 172 Å². The van der Waals surface area contributed by atoms with Gasteiger partial charge in [-0.2, -0.15) is 13.2 Å². The fourth-order valence-electron chi connectivity index (χ4n) is 2.69. The molecule has 0 radical (unpaired) electrons. The topological polar surface area (TPSA) is 79.3 Å². The second kappa shape index (κ2) is 8.62. The van der Waals surface area contributed by atoms with E-state index in [1.807, 2.05) is 0 Å². The van der Waals surface area contributed by atoms with Gasteiger partial charge in [-0.15, -0.1) is 11.3 Å². The molecule has 2 N–H and O–H groups in total. The summed E-state index contributed by atoms with van der Waals surface area (Å²) in [6.07, 6.45) is -4.92. The number of carboxylic acid groups (broad SMARTS) is 1. The standard InChI is InChI=1S/C20H14F4N2O3S/c21-14-3-1-2-12(8-14)15(9-17(27)28)25-18(29)16-10-30-19(26-16)11-4-6-13(7-5-11)20(22,23)24/h1-8,10,15H,9H2,(H,25,29)(H,27,28)/t15-/m0/s1. The molecule has 0 saturated carbocycles. The van der Waals surface area contributed by atoms with Crippen LogP contribution in [-0.2, 0) is 11.0 Å². The van der Waals surface area contributed by atoms with Crippen LogP contribution in [0, 0.1) is 5.82 Å². The van der Waals surface area contributed by atoms with Gasteiger partial charge in [0.2, 0.25) is 0 Å². The lowest BCUT2D eigenvalue weighted by Gasteiger charge is -2.17. The summed E-state index contributed by atoms with van der Waals surface area (Å²) in [6, 6.07) is 8.58. The van der Waals surface area contributed by atoms with Crippen LogP contribution in [0.4, 0.5) is 17.6 Å². The predicted octanol–water partition coefficient (Wildman–Crippen LogP) is 4.91. The molecule has 1 atom stereocenters. The first-order valence-electron chi connectivity index (χ1n) is 8.55. The lowest BCUT2D eigenvalue weighted by molar-refractivity contribution is -0.138. The lowest BCUT2D eigenvalue weighted by atomic mass is 10.0. The Morgan fingerprint density at radius 1 is 1.13 bits per heavy atom. The minimum Gasteiger partial charge on any atom is -0.481 e. The van der Waals surface area contributed by atoms with E-state index in [1.54, 1.807) is 0 Å². The van der Waals surface area contributed by atoms with E-state index < -0.39 is 41.9 Å². The number of aromatic nitrogens is 1. The van der Waals surface area contributed by atoms with E-state index in [-0.39, 0.29) is 11.3 Å². The largest absolute Gasteiger partial charge is 0.481 e. The number of nitrogens with zero attached hydrogens (tertiary/aromatic N) is 1. The predicted molar refractivity (Wildman–Crippen MR) is 101 cm³/mol. The van der Waals surface area contributed by atoms with Crippen LogP contribution < -0.4 is 5.32 Å². The van der Waals surface area contributed by atoms with Gasteiger partial charge in [0.05, 0.1) is 18.0 Å². The number of benzene rings is 2. The highest BCUT2D eigenvalue weighted by molar-refractivity contribution is 7.13. The van der Waals surface area contributed by atoms with Gasteiger partial charge < -0.3 is 10.4 Å². The number of thiazole rings is 1. The van der Waals surface area contributed by atoms with Crippen molar-refractivity contribution in [3.05, 3.63) is 76.5 Å². The van der Waals surface area contributed by atoms with Crippen LogP contribution in [0.3, 0.4) is 0 Å². The summed E-state index contributed by atoms with van der Waals surface area (Å²) in [5.41, 5.74) is -0.141. The summed E-state index contributed by atoms with van der Waals surface area (Å²) in [7, 11) is 0. The van der Waals surface area contributed by atoms with E-state index in [0.29, 0.717) is 10.6 Å². The van der Waals surface area contributed by atoms with Gasteiger partial charge in [0, 0.05) is 10.9 Å². The van der Waals surface area contributed by atoms with E-state index in [0.717, 1.165) is 29.5 Å². The van der Waals surface area contributed by atoms with Crippen molar-refractivity contribution in [2.45, 2.75) is 18.6 Å². The Morgan fingerprint density at radius 2 is 1.83 bits per heavy atom. The number of aliphatic carboxylic acids is 1. The molecule has 156 valence electrons. The fraction of sp³-hybridized carbons (Fsp3) is 0.150. The van der Waals surface area contributed by atoms with Crippen molar-refractivity contribution < 1.29 is 32.3 Å². The van der Waals surface area contributed by atoms with Crippen molar-refractivity contribution >= 4 is 23.2 Å². The highest BCUT2D eigenvalue weighted by Gasteiger charge is 2.30. The number of hydrogen-bond acceptors (Lipinski definition) is 4. The monoisotopic (exact) mass is 438 g/mol. The third-order valence-corrected chi connectivity index (χ3v) is 5.02. The van der Waals surface area contributed by atoms with Gasteiger partial charge in [-0.25, -0.2) is 9.37 Å².